The quantitative estimate of drug-likeness (QED) is 0.181. The van der Waals surface area contributed by atoms with Gasteiger partial charge >= 0.3 is 0 Å². The Morgan fingerprint density at radius 2 is 1.13 bits per heavy atom. The van der Waals surface area contributed by atoms with Crippen LogP contribution in [0.15, 0.2) is 173 Å². The number of pyridine rings is 1. The number of aromatic nitrogens is 5. The van der Waals surface area contributed by atoms with Crippen molar-refractivity contribution < 1.29 is 8.83 Å². The molecule has 0 saturated carbocycles. The highest BCUT2D eigenvalue weighted by molar-refractivity contribution is 6.18. The van der Waals surface area contributed by atoms with E-state index in [0.717, 1.165) is 60.7 Å². The van der Waals surface area contributed by atoms with E-state index in [0.29, 0.717) is 28.6 Å². The summed E-state index contributed by atoms with van der Waals surface area (Å²) in [5, 5.41) is 7.73. The summed E-state index contributed by atoms with van der Waals surface area (Å²) >= 11 is 0. The van der Waals surface area contributed by atoms with Crippen LogP contribution in [0.25, 0.3) is 116 Å². The summed E-state index contributed by atoms with van der Waals surface area (Å²) in [6.45, 7) is 0. The lowest BCUT2D eigenvalue weighted by Crippen LogP contribution is -2.01. The lowest BCUT2D eigenvalue weighted by Gasteiger charge is -2.12. The highest BCUT2D eigenvalue weighted by Crippen LogP contribution is 2.40. The third-order valence-corrected chi connectivity index (χ3v) is 10.7. The van der Waals surface area contributed by atoms with E-state index in [4.69, 9.17) is 23.8 Å². The third-order valence-electron chi connectivity index (χ3n) is 10.7. The molecule has 12 aromatic rings. The average Bonchev–Trinajstić information content (AvgIpc) is 3.93. The van der Waals surface area contributed by atoms with Gasteiger partial charge in [-0.25, -0.2) is 15.0 Å². The van der Waals surface area contributed by atoms with E-state index in [1.807, 2.05) is 60.7 Å². The van der Waals surface area contributed by atoms with Gasteiger partial charge < -0.3 is 13.4 Å². The molecule has 0 amide bonds. The zero-order valence-electron chi connectivity index (χ0n) is 29.1. The molecule has 0 aliphatic carbocycles. The second kappa shape index (κ2) is 11.4. The van der Waals surface area contributed by atoms with Gasteiger partial charge in [0.25, 0.3) is 0 Å². The molecule has 0 unspecified atom stereocenters. The zero-order valence-corrected chi connectivity index (χ0v) is 29.1. The fraction of sp³-hybridized carbons (Fsp3) is 0. The van der Waals surface area contributed by atoms with Crippen molar-refractivity contribution in [3.05, 3.63) is 164 Å². The summed E-state index contributed by atoms with van der Waals surface area (Å²) in [5.74, 6) is 1.60. The van der Waals surface area contributed by atoms with Gasteiger partial charge in [0.1, 0.15) is 22.3 Å². The number of furan rings is 2. The van der Waals surface area contributed by atoms with Crippen molar-refractivity contribution in [2.75, 3.05) is 0 Å². The summed E-state index contributed by atoms with van der Waals surface area (Å²) in [7, 11) is 0. The molecule has 0 atom stereocenters. The Balaban J connectivity index is 1.08. The summed E-state index contributed by atoms with van der Waals surface area (Å²) in [5.41, 5.74) is 9.66. The molecule has 12 rings (SSSR count). The first-order valence-electron chi connectivity index (χ1n) is 18.2. The fourth-order valence-corrected chi connectivity index (χ4v) is 8.26. The minimum Gasteiger partial charge on any atom is -0.456 e. The largest absolute Gasteiger partial charge is 0.456 e. The maximum absolute atomic E-state index is 6.42. The summed E-state index contributed by atoms with van der Waals surface area (Å²) in [6, 6.07) is 54.1. The third kappa shape index (κ3) is 4.44. The smallest absolute Gasteiger partial charge is 0.167 e. The van der Waals surface area contributed by atoms with Gasteiger partial charge in [-0.3, -0.25) is 4.98 Å². The van der Waals surface area contributed by atoms with Crippen LogP contribution in [0.2, 0.25) is 0 Å². The van der Waals surface area contributed by atoms with E-state index < -0.39 is 0 Å². The molecule has 0 bridgehead atoms. The summed E-state index contributed by atoms with van der Waals surface area (Å²) in [6.07, 6.45) is 1.78. The first kappa shape index (κ1) is 29.9. The number of hydrogen-bond acceptors (Lipinski definition) is 6. The van der Waals surface area contributed by atoms with Crippen molar-refractivity contribution in [3.8, 4) is 39.9 Å². The monoisotopic (exact) mass is 705 g/mol. The predicted molar refractivity (Wildman–Crippen MR) is 220 cm³/mol. The van der Waals surface area contributed by atoms with E-state index in [9.17, 15) is 0 Å². The molecule has 0 radical (unpaired) electrons. The van der Waals surface area contributed by atoms with Gasteiger partial charge in [-0.15, -0.1) is 0 Å². The highest BCUT2D eigenvalue weighted by atomic mass is 16.3. The molecule has 0 aliphatic rings. The highest BCUT2D eigenvalue weighted by Gasteiger charge is 2.21. The molecular weight excluding hydrogens is 679 g/mol. The van der Waals surface area contributed by atoms with E-state index in [-0.39, 0.29) is 0 Å². The maximum Gasteiger partial charge on any atom is 0.167 e. The number of para-hydroxylation sites is 3. The average molecular weight is 706 g/mol. The summed E-state index contributed by atoms with van der Waals surface area (Å²) < 4.78 is 15.1. The first-order chi connectivity index (χ1) is 27.3. The molecule has 7 nitrogen and oxygen atoms in total. The molecule has 0 spiro atoms. The van der Waals surface area contributed by atoms with Crippen molar-refractivity contribution in [2.45, 2.75) is 0 Å². The van der Waals surface area contributed by atoms with Crippen LogP contribution >= 0.6 is 0 Å². The number of benzene rings is 7. The van der Waals surface area contributed by atoms with Crippen LogP contribution in [-0.2, 0) is 0 Å². The second-order valence-electron chi connectivity index (χ2n) is 13.8. The van der Waals surface area contributed by atoms with Crippen LogP contribution in [0.5, 0.6) is 0 Å². The maximum atomic E-state index is 6.42. The van der Waals surface area contributed by atoms with Gasteiger partial charge in [-0.05, 0) is 72.1 Å². The fourth-order valence-electron chi connectivity index (χ4n) is 8.26. The molecule has 7 heteroatoms. The van der Waals surface area contributed by atoms with Crippen molar-refractivity contribution in [1.82, 2.24) is 24.5 Å². The van der Waals surface area contributed by atoms with Crippen molar-refractivity contribution in [3.63, 3.8) is 0 Å². The van der Waals surface area contributed by atoms with Gasteiger partial charge in [-0.2, -0.15) is 0 Å². The minimum atomic E-state index is 0.507. The minimum absolute atomic E-state index is 0.507. The van der Waals surface area contributed by atoms with Crippen molar-refractivity contribution >= 4 is 76.6 Å². The molecule has 0 aliphatic heterocycles. The lowest BCUT2D eigenvalue weighted by atomic mass is 10.1. The Hall–Kier alpha value is -7.64. The number of fused-ring (bicyclic) bond motifs is 11. The van der Waals surface area contributed by atoms with Gasteiger partial charge in [0.2, 0.25) is 0 Å². The Morgan fingerprint density at radius 3 is 2.04 bits per heavy atom. The molecule has 55 heavy (non-hydrogen) atoms. The molecule has 0 saturated heterocycles. The summed E-state index contributed by atoms with van der Waals surface area (Å²) in [4.78, 5) is 20.1. The van der Waals surface area contributed by atoms with Crippen LogP contribution < -0.4 is 0 Å². The molecule has 7 aromatic carbocycles. The number of rotatable bonds is 4. The molecular formula is C48H27N5O2. The molecule has 5 aromatic heterocycles. The SMILES string of the molecule is c1ccc2c(c1)ccc1c3ccccc3n(-c3ccc(-c4nc(-c5cccc6c5oc5cccnc56)nc(-c5cccc6oc7ccccc7c56)n4)cc3)c21. The van der Waals surface area contributed by atoms with Crippen LogP contribution in [-0.4, -0.2) is 24.5 Å². The Morgan fingerprint density at radius 1 is 0.436 bits per heavy atom. The van der Waals surface area contributed by atoms with Crippen LogP contribution in [0, 0.1) is 0 Å². The van der Waals surface area contributed by atoms with Crippen molar-refractivity contribution in [1.29, 1.82) is 0 Å². The number of nitrogens with zero attached hydrogens (tertiary/aromatic N) is 5. The van der Waals surface area contributed by atoms with Gasteiger partial charge in [-0.1, -0.05) is 91.0 Å². The second-order valence-corrected chi connectivity index (χ2v) is 13.8. The van der Waals surface area contributed by atoms with Gasteiger partial charge in [0.15, 0.2) is 23.1 Å². The first-order valence-corrected chi connectivity index (χ1v) is 18.2. The molecule has 0 fully saturated rings. The standard InChI is InChI=1S/C48H27N5O2/c1-2-11-31-28(10-1)23-26-33-32-12-3-5-17-38(32)53(44(31)33)30-24-21-29(22-25-30)46-50-47(35-14-8-19-40-42(35)34-13-4-6-18-39(34)54-40)52-48(51-46)37-16-7-15-36-43-41(55-45(36)37)20-9-27-49-43/h1-27H. The molecule has 256 valence electrons. The predicted octanol–water partition coefficient (Wildman–Crippen LogP) is 12.3. The lowest BCUT2D eigenvalue weighted by molar-refractivity contribution is 0.668. The Bertz CT molecular complexity index is 3500. The molecule has 0 N–H and O–H groups in total. The van der Waals surface area contributed by atoms with Gasteiger partial charge in [0.05, 0.1) is 16.6 Å². The van der Waals surface area contributed by atoms with Crippen molar-refractivity contribution in [2.24, 2.45) is 0 Å². The normalized spacial score (nSPS) is 12.0. The van der Waals surface area contributed by atoms with E-state index in [2.05, 4.69) is 107 Å². The van der Waals surface area contributed by atoms with Gasteiger partial charge in [0, 0.05) is 55.3 Å². The topological polar surface area (TPSA) is 82.8 Å². The van der Waals surface area contributed by atoms with E-state index in [1.165, 1.54) is 27.1 Å². The number of hydrogen-bond donors (Lipinski definition) is 0. The van der Waals surface area contributed by atoms with E-state index >= 15 is 0 Å². The van der Waals surface area contributed by atoms with Crippen LogP contribution in [0.1, 0.15) is 0 Å². The zero-order chi connectivity index (χ0) is 36.0. The van der Waals surface area contributed by atoms with Crippen LogP contribution in [0.4, 0.5) is 0 Å². The molecule has 5 heterocycles. The van der Waals surface area contributed by atoms with E-state index in [1.54, 1.807) is 6.20 Å². The Labute approximate surface area is 312 Å². The Kier molecular flexibility index (Phi) is 6.21. The van der Waals surface area contributed by atoms with Crippen LogP contribution in [0.3, 0.4) is 0 Å².